The van der Waals surface area contributed by atoms with Crippen LogP contribution in [0.2, 0.25) is 0 Å². The predicted octanol–water partition coefficient (Wildman–Crippen LogP) is 4.90. The molecule has 3 heteroatoms. The molecule has 0 radical (unpaired) electrons. The zero-order chi connectivity index (χ0) is 17.6. The van der Waals surface area contributed by atoms with Crippen LogP contribution >= 0.6 is 0 Å². The van der Waals surface area contributed by atoms with Gasteiger partial charge in [0, 0.05) is 18.6 Å². The SMILES string of the molecule is Cc1ccc([C@@H](CCN[C@@H]2CCO[C@H](C(C)C)C2)c2ccco2)cc1. The molecule has 0 saturated carbocycles. The van der Waals surface area contributed by atoms with Crippen molar-refractivity contribution in [3.63, 3.8) is 0 Å². The minimum Gasteiger partial charge on any atom is -0.469 e. The van der Waals surface area contributed by atoms with Gasteiger partial charge in [0.1, 0.15) is 5.76 Å². The van der Waals surface area contributed by atoms with Crippen LogP contribution in [0.3, 0.4) is 0 Å². The lowest BCUT2D eigenvalue weighted by Crippen LogP contribution is -2.41. The lowest BCUT2D eigenvalue weighted by molar-refractivity contribution is -0.0243. The third kappa shape index (κ3) is 4.96. The molecule has 2 heterocycles. The number of hydrogen-bond donors (Lipinski definition) is 1. The molecule has 1 aliphatic heterocycles. The van der Waals surface area contributed by atoms with E-state index in [4.69, 9.17) is 9.15 Å². The van der Waals surface area contributed by atoms with Gasteiger partial charge < -0.3 is 14.5 Å². The average molecular weight is 341 g/mol. The van der Waals surface area contributed by atoms with Crippen LogP contribution in [-0.2, 0) is 4.74 Å². The van der Waals surface area contributed by atoms with Crippen LogP contribution < -0.4 is 5.32 Å². The van der Waals surface area contributed by atoms with Crippen molar-refractivity contribution >= 4 is 0 Å². The predicted molar refractivity (Wildman–Crippen MR) is 102 cm³/mol. The second-order valence-corrected chi connectivity index (χ2v) is 7.60. The van der Waals surface area contributed by atoms with E-state index in [0.29, 0.717) is 24.0 Å². The van der Waals surface area contributed by atoms with Crippen molar-refractivity contribution in [2.75, 3.05) is 13.2 Å². The molecule has 3 rings (SSSR count). The maximum Gasteiger partial charge on any atom is 0.111 e. The second-order valence-electron chi connectivity index (χ2n) is 7.60. The van der Waals surface area contributed by atoms with Crippen LogP contribution in [0.25, 0.3) is 0 Å². The second kappa shape index (κ2) is 8.68. The average Bonchev–Trinajstić information content (AvgIpc) is 3.14. The minimum absolute atomic E-state index is 0.309. The summed E-state index contributed by atoms with van der Waals surface area (Å²) in [5.74, 6) is 1.95. The lowest BCUT2D eigenvalue weighted by Gasteiger charge is -2.32. The number of nitrogens with one attached hydrogen (secondary N) is 1. The maximum atomic E-state index is 5.88. The van der Waals surface area contributed by atoms with Gasteiger partial charge in [-0.1, -0.05) is 43.7 Å². The van der Waals surface area contributed by atoms with E-state index in [1.807, 2.05) is 6.07 Å². The first-order valence-corrected chi connectivity index (χ1v) is 9.58. The molecular weight excluding hydrogens is 310 g/mol. The van der Waals surface area contributed by atoms with E-state index in [9.17, 15) is 0 Å². The lowest BCUT2D eigenvalue weighted by atomic mass is 9.91. The van der Waals surface area contributed by atoms with Gasteiger partial charge in [0.2, 0.25) is 0 Å². The van der Waals surface area contributed by atoms with Crippen molar-refractivity contribution in [1.82, 2.24) is 5.32 Å². The summed E-state index contributed by atoms with van der Waals surface area (Å²) in [6.45, 7) is 8.49. The zero-order valence-corrected chi connectivity index (χ0v) is 15.7. The molecule has 25 heavy (non-hydrogen) atoms. The molecule has 136 valence electrons. The van der Waals surface area contributed by atoms with Crippen molar-refractivity contribution in [2.24, 2.45) is 5.92 Å². The highest BCUT2D eigenvalue weighted by molar-refractivity contribution is 5.30. The van der Waals surface area contributed by atoms with E-state index in [0.717, 1.165) is 38.2 Å². The van der Waals surface area contributed by atoms with E-state index in [2.05, 4.69) is 56.4 Å². The molecule has 1 fully saturated rings. The number of hydrogen-bond acceptors (Lipinski definition) is 3. The molecule has 0 unspecified atom stereocenters. The van der Waals surface area contributed by atoms with E-state index >= 15 is 0 Å². The monoisotopic (exact) mass is 341 g/mol. The fourth-order valence-corrected chi connectivity index (χ4v) is 3.67. The molecule has 1 N–H and O–H groups in total. The van der Waals surface area contributed by atoms with E-state index in [-0.39, 0.29) is 0 Å². The van der Waals surface area contributed by atoms with Crippen LogP contribution in [0.5, 0.6) is 0 Å². The van der Waals surface area contributed by atoms with Crippen molar-refractivity contribution < 1.29 is 9.15 Å². The van der Waals surface area contributed by atoms with Crippen LogP contribution in [-0.4, -0.2) is 25.3 Å². The fraction of sp³-hybridized carbons (Fsp3) is 0.545. The van der Waals surface area contributed by atoms with Gasteiger partial charge in [-0.2, -0.15) is 0 Å². The Morgan fingerprint density at radius 3 is 2.64 bits per heavy atom. The largest absolute Gasteiger partial charge is 0.469 e. The zero-order valence-electron chi connectivity index (χ0n) is 15.7. The first-order chi connectivity index (χ1) is 12.1. The molecule has 1 aromatic carbocycles. The van der Waals surface area contributed by atoms with E-state index in [1.165, 1.54) is 11.1 Å². The highest BCUT2D eigenvalue weighted by atomic mass is 16.5. The number of benzene rings is 1. The number of furan rings is 1. The Morgan fingerprint density at radius 2 is 1.96 bits per heavy atom. The Hall–Kier alpha value is -1.58. The summed E-state index contributed by atoms with van der Waals surface area (Å²) in [5.41, 5.74) is 2.62. The Balaban J connectivity index is 1.59. The summed E-state index contributed by atoms with van der Waals surface area (Å²) in [4.78, 5) is 0. The first-order valence-electron chi connectivity index (χ1n) is 9.58. The summed E-state index contributed by atoms with van der Waals surface area (Å²) in [7, 11) is 0. The van der Waals surface area contributed by atoms with E-state index in [1.54, 1.807) is 6.26 Å². The summed E-state index contributed by atoms with van der Waals surface area (Å²) in [6.07, 6.45) is 5.44. The normalized spacial score (nSPS) is 22.2. The molecule has 1 saturated heterocycles. The molecule has 0 bridgehead atoms. The molecule has 0 aliphatic carbocycles. The van der Waals surface area contributed by atoms with Gasteiger partial charge in [0.25, 0.3) is 0 Å². The number of rotatable bonds is 7. The Bertz CT molecular complexity index is 618. The van der Waals surface area contributed by atoms with Gasteiger partial charge in [0.15, 0.2) is 0 Å². The van der Waals surface area contributed by atoms with Crippen LogP contribution in [0.1, 0.15) is 55.9 Å². The van der Waals surface area contributed by atoms with Gasteiger partial charge in [-0.05, 0) is 56.3 Å². The molecule has 0 spiro atoms. The van der Waals surface area contributed by atoms with E-state index < -0.39 is 0 Å². The molecular formula is C22H31NO2. The Labute approximate surface area is 151 Å². The Kier molecular flexibility index (Phi) is 6.33. The van der Waals surface area contributed by atoms with Crippen LogP contribution in [0.4, 0.5) is 0 Å². The summed E-state index contributed by atoms with van der Waals surface area (Å²) in [5, 5.41) is 3.76. The standard InChI is InChI=1S/C22H31NO2/c1-16(2)22-15-19(11-14-25-22)23-12-10-20(21-5-4-13-24-21)18-8-6-17(3)7-9-18/h4-9,13,16,19-20,22-23H,10-12,14-15H2,1-3H3/t19-,20-,22+/m1/s1. The smallest absolute Gasteiger partial charge is 0.111 e. The van der Waals surface area contributed by atoms with Crippen molar-refractivity contribution in [3.05, 3.63) is 59.5 Å². The van der Waals surface area contributed by atoms with Crippen molar-refractivity contribution in [3.8, 4) is 0 Å². The Morgan fingerprint density at radius 1 is 1.16 bits per heavy atom. The van der Waals surface area contributed by atoms with Gasteiger partial charge in [0.05, 0.1) is 12.4 Å². The van der Waals surface area contributed by atoms with Crippen molar-refractivity contribution in [2.45, 2.75) is 58.1 Å². The molecule has 0 amide bonds. The van der Waals surface area contributed by atoms with Crippen LogP contribution in [0, 0.1) is 12.8 Å². The van der Waals surface area contributed by atoms with Gasteiger partial charge in [-0.3, -0.25) is 0 Å². The van der Waals surface area contributed by atoms with Gasteiger partial charge in [-0.15, -0.1) is 0 Å². The highest BCUT2D eigenvalue weighted by Crippen LogP contribution is 2.28. The highest BCUT2D eigenvalue weighted by Gasteiger charge is 2.25. The third-order valence-corrected chi connectivity index (χ3v) is 5.29. The molecule has 1 aliphatic rings. The first kappa shape index (κ1) is 18.2. The maximum absolute atomic E-state index is 5.88. The van der Waals surface area contributed by atoms with Crippen LogP contribution in [0.15, 0.2) is 47.1 Å². The summed E-state index contributed by atoms with van der Waals surface area (Å²) >= 11 is 0. The number of ether oxygens (including phenoxy) is 1. The number of aryl methyl sites for hydroxylation is 1. The summed E-state index contributed by atoms with van der Waals surface area (Å²) in [6, 6.07) is 13.5. The summed E-state index contributed by atoms with van der Waals surface area (Å²) < 4.78 is 11.6. The molecule has 3 atom stereocenters. The topological polar surface area (TPSA) is 34.4 Å². The van der Waals surface area contributed by atoms with Gasteiger partial charge in [-0.25, -0.2) is 0 Å². The molecule has 2 aromatic rings. The quantitative estimate of drug-likeness (QED) is 0.777. The minimum atomic E-state index is 0.309. The van der Waals surface area contributed by atoms with Crippen molar-refractivity contribution in [1.29, 1.82) is 0 Å². The third-order valence-electron chi connectivity index (χ3n) is 5.29. The van der Waals surface area contributed by atoms with Gasteiger partial charge >= 0.3 is 0 Å². The molecule has 1 aromatic heterocycles. The molecule has 3 nitrogen and oxygen atoms in total. The fourth-order valence-electron chi connectivity index (χ4n) is 3.67.